The van der Waals surface area contributed by atoms with E-state index in [0.717, 1.165) is 55.8 Å². The molecule has 2 amide bonds. The molecule has 2 heterocycles. The Kier molecular flexibility index (Phi) is 5.95. The molecule has 5 nitrogen and oxygen atoms in total. The molecule has 0 saturated carbocycles. The SMILES string of the molecule is CCCN1CCN(C(=O)[C@@H](Cc2ccccc2)N2Cc3ccccc3C2=O)CC1. The van der Waals surface area contributed by atoms with E-state index in [9.17, 15) is 9.59 Å². The first-order valence-corrected chi connectivity index (χ1v) is 10.6. The first kappa shape index (κ1) is 19.6. The molecule has 0 aromatic heterocycles. The Morgan fingerprint density at radius 3 is 2.34 bits per heavy atom. The van der Waals surface area contributed by atoms with Crippen LogP contribution in [0.4, 0.5) is 0 Å². The molecule has 2 aliphatic rings. The average molecular weight is 392 g/mol. The molecule has 29 heavy (non-hydrogen) atoms. The van der Waals surface area contributed by atoms with Gasteiger partial charge in [-0.1, -0.05) is 55.5 Å². The maximum Gasteiger partial charge on any atom is 0.255 e. The summed E-state index contributed by atoms with van der Waals surface area (Å²) in [6.45, 7) is 7.06. The first-order chi connectivity index (χ1) is 14.2. The summed E-state index contributed by atoms with van der Waals surface area (Å²) in [5.74, 6) is 0.0469. The molecular weight excluding hydrogens is 362 g/mol. The molecule has 0 spiro atoms. The number of fused-ring (bicyclic) bond motifs is 1. The lowest BCUT2D eigenvalue weighted by Gasteiger charge is -2.38. The van der Waals surface area contributed by atoms with Crippen molar-refractivity contribution in [1.29, 1.82) is 0 Å². The average Bonchev–Trinajstić information content (AvgIpc) is 3.10. The summed E-state index contributed by atoms with van der Waals surface area (Å²) >= 11 is 0. The van der Waals surface area contributed by atoms with Crippen LogP contribution in [0.3, 0.4) is 0 Å². The Morgan fingerprint density at radius 2 is 1.66 bits per heavy atom. The van der Waals surface area contributed by atoms with E-state index in [-0.39, 0.29) is 11.8 Å². The van der Waals surface area contributed by atoms with Crippen LogP contribution in [0, 0.1) is 0 Å². The molecule has 2 aromatic rings. The second-order valence-corrected chi connectivity index (χ2v) is 7.96. The molecule has 0 unspecified atom stereocenters. The van der Waals surface area contributed by atoms with Crippen molar-refractivity contribution in [2.75, 3.05) is 32.7 Å². The summed E-state index contributed by atoms with van der Waals surface area (Å²) in [5.41, 5.74) is 2.82. The summed E-state index contributed by atoms with van der Waals surface area (Å²) in [6, 6.07) is 17.3. The van der Waals surface area contributed by atoms with Gasteiger partial charge in [-0.3, -0.25) is 14.5 Å². The van der Waals surface area contributed by atoms with E-state index >= 15 is 0 Å². The van der Waals surface area contributed by atoms with Crippen molar-refractivity contribution in [2.45, 2.75) is 32.4 Å². The zero-order valence-corrected chi connectivity index (χ0v) is 17.1. The van der Waals surface area contributed by atoms with Crippen molar-refractivity contribution in [3.63, 3.8) is 0 Å². The molecule has 0 N–H and O–H groups in total. The Labute approximate surface area is 172 Å². The molecule has 1 fully saturated rings. The second-order valence-electron chi connectivity index (χ2n) is 7.96. The van der Waals surface area contributed by atoms with Crippen LogP contribution in [-0.2, 0) is 17.8 Å². The van der Waals surface area contributed by atoms with Gasteiger partial charge in [0.2, 0.25) is 5.91 Å². The molecule has 4 rings (SSSR count). The molecule has 0 radical (unpaired) electrons. The number of amides is 2. The van der Waals surface area contributed by atoms with Crippen molar-refractivity contribution in [3.8, 4) is 0 Å². The van der Waals surface area contributed by atoms with Crippen LogP contribution in [0.2, 0.25) is 0 Å². The fourth-order valence-electron chi connectivity index (χ4n) is 4.42. The Balaban J connectivity index is 1.55. The monoisotopic (exact) mass is 391 g/mol. The van der Waals surface area contributed by atoms with Crippen molar-refractivity contribution in [1.82, 2.24) is 14.7 Å². The van der Waals surface area contributed by atoms with Gasteiger partial charge in [-0.2, -0.15) is 0 Å². The van der Waals surface area contributed by atoms with Crippen molar-refractivity contribution in [3.05, 3.63) is 71.3 Å². The highest BCUT2D eigenvalue weighted by atomic mass is 16.2. The summed E-state index contributed by atoms with van der Waals surface area (Å²) < 4.78 is 0. The number of hydrogen-bond acceptors (Lipinski definition) is 3. The number of hydrogen-bond donors (Lipinski definition) is 0. The predicted molar refractivity (Wildman–Crippen MR) is 114 cm³/mol. The third-order valence-corrected chi connectivity index (χ3v) is 6.01. The van der Waals surface area contributed by atoms with Gasteiger partial charge in [-0.15, -0.1) is 0 Å². The summed E-state index contributed by atoms with van der Waals surface area (Å²) in [4.78, 5) is 32.8. The van der Waals surface area contributed by atoms with Gasteiger partial charge in [-0.25, -0.2) is 0 Å². The van der Waals surface area contributed by atoms with E-state index in [2.05, 4.69) is 11.8 Å². The number of nitrogens with zero attached hydrogens (tertiary/aromatic N) is 3. The van der Waals surface area contributed by atoms with Crippen LogP contribution in [0.5, 0.6) is 0 Å². The van der Waals surface area contributed by atoms with E-state index < -0.39 is 6.04 Å². The zero-order chi connectivity index (χ0) is 20.2. The smallest absolute Gasteiger partial charge is 0.255 e. The van der Waals surface area contributed by atoms with Gasteiger partial charge in [-0.05, 0) is 30.2 Å². The molecule has 152 valence electrons. The topological polar surface area (TPSA) is 43.9 Å². The van der Waals surface area contributed by atoms with Gasteiger partial charge < -0.3 is 9.80 Å². The van der Waals surface area contributed by atoms with Crippen LogP contribution in [0.15, 0.2) is 54.6 Å². The maximum absolute atomic E-state index is 13.6. The largest absolute Gasteiger partial charge is 0.338 e. The summed E-state index contributed by atoms with van der Waals surface area (Å²) in [7, 11) is 0. The third kappa shape index (κ3) is 4.20. The third-order valence-electron chi connectivity index (χ3n) is 6.01. The van der Waals surface area contributed by atoms with E-state index in [1.165, 1.54) is 0 Å². The molecule has 0 bridgehead atoms. The number of carbonyl (C=O) groups is 2. The molecular formula is C24H29N3O2. The first-order valence-electron chi connectivity index (χ1n) is 10.6. The Hall–Kier alpha value is -2.66. The van der Waals surface area contributed by atoms with Crippen molar-refractivity contribution < 1.29 is 9.59 Å². The number of carbonyl (C=O) groups excluding carboxylic acids is 2. The molecule has 5 heteroatoms. The van der Waals surface area contributed by atoms with Gasteiger partial charge in [0.15, 0.2) is 0 Å². The van der Waals surface area contributed by atoms with Crippen molar-refractivity contribution >= 4 is 11.8 Å². The lowest BCUT2D eigenvalue weighted by molar-refractivity contribution is -0.138. The summed E-state index contributed by atoms with van der Waals surface area (Å²) in [6.07, 6.45) is 1.68. The molecule has 2 aliphatic heterocycles. The highest BCUT2D eigenvalue weighted by molar-refractivity contribution is 6.01. The highest BCUT2D eigenvalue weighted by Gasteiger charge is 2.38. The fourth-order valence-corrected chi connectivity index (χ4v) is 4.42. The van der Waals surface area contributed by atoms with Crippen LogP contribution in [0.25, 0.3) is 0 Å². The van der Waals surface area contributed by atoms with E-state index in [4.69, 9.17) is 0 Å². The van der Waals surface area contributed by atoms with Gasteiger partial charge in [0.1, 0.15) is 6.04 Å². The number of piperazine rings is 1. The van der Waals surface area contributed by atoms with Gasteiger partial charge in [0.25, 0.3) is 5.91 Å². The predicted octanol–water partition coefficient (Wildman–Crippen LogP) is 2.81. The van der Waals surface area contributed by atoms with Crippen LogP contribution in [-0.4, -0.2) is 65.3 Å². The second kappa shape index (κ2) is 8.78. The number of rotatable bonds is 6. The van der Waals surface area contributed by atoms with Crippen LogP contribution >= 0.6 is 0 Å². The Morgan fingerprint density at radius 1 is 0.966 bits per heavy atom. The zero-order valence-electron chi connectivity index (χ0n) is 17.1. The molecule has 0 aliphatic carbocycles. The minimum absolute atomic E-state index is 0.0282. The van der Waals surface area contributed by atoms with E-state index in [1.807, 2.05) is 59.5 Å². The molecule has 1 atom stereocenters. The number of benzene rings is 2. The van der Waals surface area contributed by atoms with Crippen LogP contribution in [0.1, 0.15) is 34.8 Å². The Bertz CT molecular complexity index is 859. The van der Waals surface area contributed by atoms with Gasteiger partial charge >= 0.3 is 0 Å². The van der Waals surface area contributed by atoms with Crippen molar-refractivity contribution in [2.24, 2.45) is 0 Å². The van der Waals surface area contributed by atoms with E-state index in [1.54, 1.807) is 4.90 Å². The minimum atomic E-state index is -0.463. The van der Waals surface area contributed by atoms with Gasteiger partial charge in [0.05, 0.1) is 0 Å². The maximum atomic E-state index is 13.6. The lowest BCUT2D eigenvalue weighted by atomic mass is 10.0. The normalized spacial score (nSPS) is 18.0. The highest BCUT2D eigenvalue weighted by Crippen LogP contribution is 2.27. The van der Waals surface area contributed by atoms with Gasteiger partial charge in [0, 0.05) is 44.7 Å². The fraction of sp³-hybridized carbons (Fsp3) is 0.417. The summed E-state index contributed by atoms with van der Waals surface area (Å²) in [5, 5.41) is 0. The lowest BCUT2D eigenvalue weighted by Crippen LogP contribution is -2.55. The molecule has 1 saturated heterocycles. The standard InChI is InChI=1S/C24H29N3O2/c1-2-12-25-13-15-26(16-14-25)24(29)22(17-19-8-4-3-5-9-19)27-18-20-10-6-7-11-21(20)23(27)28/h3-11,22H,2,12-18H2,1H3/t22-/m1/s1. The molecule has 2 aromatic carbocycles. The minimum Gasteiger partial charge on any atom is -0.338 e. The van der Waals surface area contributed by atoms with E-state index in [0.29, 0.717) is 13.0 Å². The quantitative estimate of drug-likeness (QED) is 0.761. The van der Waals surface area contributed by atoms with Crippen LogP contribution < -0.4 is 0 Å².